The van der Waals surface area contributed by atoms with Gasteiger partial charge in [0.1, 0.15) is 0 Å². The minimum atomic E-state index is -0.358. The molecule has 0 saturated carbocycles. The van der Waals surface area contributed by atoms with E-state index >= 15 is 0 Å². The van der Waals surface area contributed by atoms with Crippen LogP contribution in [0.15, 0.2) is 6.20 Å². The van der Waals surface area contributed by atoms with Crippen LogP contribution in [0, 0.1) is 5.41 Å². The van der Waals surface area contributed by atoms with Gasteiger partial charge in [0.2, 0.25) is 0 Å². The van der Waals surface area contributed by atoms with E-state index in [9.17, 15) is 5.11 Å². The zero-order valence-electron chi connectivity index (χ0n) is 17.6. The topological polar surface area (TPSA) is 57.4 Å². The van der Waals surface area contributed by atoms with E-state index in [2.05, 4.69) is 34.0 Å². The summed E-state index contributed by atoms with van der Waals surface area (Å²) >= 11 is 0. The number of hydrogen-bond donors (Lipinski definition) is 1. The molecule has 1 N–H and O–H groups in total. The Morgan fingerprint density at radius 3 is 2.22 bits per heavy atom. The van der Waals surface area contributed by atoms with Gasteiger partial charge < -0.3 is 14.9 Å². The Bertz CT molecular complexity index is 555. The largest absolute Gasteiger partial charge is 0.393 e. The molecule has 2 aliphatic heterocycles. The fourth-order valence-corrected chi connectivity index (χ4v) is 4.78. The molecule has 1 atom stereocenters. The Kier molecular flexibility index (Phi) is 7.29. The maximum absolute atomic E-state index is 9.51. The van der Waals surface area contributed by atoms with Gasteiger partial charge in [0.05, 0.1) is 17.8 Å². The van der Waals surface area contributed by atoms with Crippen molar-refractivity contribution in [3.63, 3.8) is 0 Å². The third kappa shape index (κ3) is 6.54. The smallest absolute Gasteiger partial charge is 0.0852 e. The van der Waals surface area contributed by atoms with Crippen LogP contribution in [0.4, 0.5) is 0 Å². The van der Waals surface area contributed by atoms with E-state index < -0.39 is 0 Å². The van der Waals surface area contributed by atoms with E-state index in [1.54, 1.807) is 6.92 Å². The van der Waals surface area contributed by atoms with Crippen molar-refractivity contribution in [2.75, 3.05) is 39.3 Å². The van der Waals surface area contributed by atoms with Crippen molar-refractivity contribution < 1.29 is 5.11 Å². The Morgan fingerprint density at radius 2 is 1.63 bits per heavy atom. The zero-order chi connectivity index (χ0) is 19.3. The fourth-order valence-electron chi connectivity index (χ4n) is 4.78. The summed E-state index contributed by atoms with van der Waals surface area (Å²) < 4.78 is 2.03. The van der Waals surface area contributed by atoms with Crippen LogP contribution >= 0.6 is 0 Å². The van der Waals surface area contributed by atoms with Crippen LogP contribution in [0.3, 0.4) is 0 Å². The van der Waals surface area contributed by atoms with Crippen LogP contribution in [0.1, 0.15) is 71.0 Å². The summed E-state index contributed by atoms with van der Waals surface area (Å²) in [5, 5.41) is 18.0. The molecule has 154 valence electrons. The summed E-state index contributed by atoms with van der Waals surface area (Å²) in [5.41, 5.74) is 1.24. The van der Waals surface area contributed by atoms with Gasteiger partial charge in [-0.2, -0.15) is 0 Å². The SMILES string of the molecule is C[C@H](O)Cc1cn(C2CCN(CC(C)(C)CN3CCCCCC3)CC2)nn1. The van der Waals surface area contributed by atoms with Crippen molar-refractivity contribution >= 4 is 0 Å². The highest BCUT2D eigenvalue weighted by molar-refractivity contribution is 4.96. The van der Waals surface area contributed by atoms with E-state index in [0.717, 1.165) is 31.6 Å². The van der Waals surface area contributed by atoms with Crippen molar-refractivity contribution in [1.82, 2.24) is 24.8 Å². The molecule has 0 bridgehead atoms. The lowest BCUT2D eigenvalue weighted by Gasteiger charge is -2.39. The van der Waals surface area contributed by atoms with Crippen LogP contribution in [0.25, 0.3) is 0 Å². The van der Waals surface area contributed by atoms with Crippen LogP contribution in [-0.2, 0) is 6.42 Å². The van der Waals surface area contributed by atoms with Crippen molar-refractivity contribution in [2.45, 2.75) is 77.9 Å². The second-order valence-electron chi connectivity index (χ2n) is 9.60. The second-order valence-corrected chi connectivity index (χ2v) is 9.60. The summed E-state index contributed by atoms with van der Waals surface area (Å²) in [5.74, 6) is 0. The summed E-state index contributed by atoms with van der Waals surface area (Å²) in [6.45, 7) is 13.9. The summed E-state index contributed by atoms with van der Waals surface area (Å²) in [4.78, 5) is 5.33. The second kappa shape index (κ2) is 9.48. The summed E-state index contributed by atoms with van der Waals surface area (Å²) in [6.07, 6.45) is 10.1. The molecule has 0 aromatic carbocycles. The lowest BCUT2D eigenvalue weighted by molar-refractivity contribution is 0.0951. The molecular formula is C21H39N5O. The molecule has 0 unspecified atom stereocenters. The molecule has 1 aromatic rings. The van der Waals surface area contributed by atoms with Crippen molar-refractivity contribution in [3.8, 4) is 0 Å². The number of aliphatic hydroxyl groups is 1. The maximum Gasteiger partial charge on any atom is 0.0852 e. The van der Waals surface area contributed by atoms with E-state index in [0.29, 0.717) is 17.9 Å². The number of likely N-dealkylation sites (tertiary alicyclic amines) is 2. The minimum absolute atomic E-state index is 0.342. The number of aromatic nitrogens is 3. The first-order chi connectivity index (χ1) is 12.9. The van der Waals surface area contributed by atoms with Crippen LogP contribution in [-0.4, -0.2) is 75.3 Å². The molecule has 2 fully saturated rings. The van der Waals surface area contributed by atoms with E-state index in [-0.39, 0.29) is 6.10 Å². The number of rotatable bonds is 7. The van der Waals surface area contributed by atoms with Gasteiger partial charge in [0, 0.05) is 38.8 Å². The van der Waals surface area contributed by atoms with Crippen molar-refractivity contribution in [1.29, 1.82) is 0 Å². The molecule has 0 aliphatic carbocycles. The van der Waals surface area contributed by atoms with Gasteiger partial charge in [0.15, 0.2) is 0 Å². The third-order valence-corrected chi connectivity index (χ3v) is 6.00. The molecule has 6 heteroatoms. The highest BCUT2D eigenvalue weighted by Crippen LogP contribution is 2.26. The van der Waals surface area contributed by atoms with Gasteiger partial charge >= 0.3 is 0 Å². The normalized spacial score (nSPS) is 22.7. The average Bonchev–Trinajstić information content (AvgIpc) is 2.90. The Balaban J connectivity index is 1.44. The number of hydrogen-bond acceptors (Lipinski definition) is 5. The molecule has 0 spiro atoms. The van der Waals surface area contributed by atoms with E-state index in [4.69, 9.17) is 0 Å². The number of piperidine rings is 1. The van der Waals surface area contributed by atoms with Crippen LogP contribution in [0.2, 0.25) is 0 Å². The lowest BCUT2D eigenvalue weighted by atomic mass is 9.90. The van der Waals surface area contributed by atoms with Crippen LogP contribution < -0.4 is 0 Å². The van der Waals surface area contributed by atoms with Crippen LogP contribution in [0.5, 0.6) is 0 Å². The predicted octanol–water partition coefficient (Wildman–Crippen LogP) is 2.74. The fraction of sp³-hybridized carbons (Fsp3) is 0.905. The first-order valence-electron chi connectivity index (χ1n) is 10.9. The third-order valence-electron chi connectivity index (χ3n) is 6.00. The molecule has 3 rings (SSSR count). The molecule has 0 amide bonds. The molecular weight excluding hydrogens is 338 g/mol. The Hall–Kier alpha value is -0.980. The molecule has 2 saturated heterocycles. The maximum atomic E-state index is 9.51. The number of aliphatic hydroxyl groups excluding tert-OH is 1. The Morgan fingerprint density at radius 1 is 1.04 bits per heavy atom. The molecule has 2 aliphatic rings. The van der Waals surface area contributed by atoms with E-state index in [1.165, 1.54) is 51.9 Å². The van der Waals surface area contributed by atoms with Gasteiger partial charge in [-0.3, -0.25) is 0 Å². The Labute approximate surface area is 164 Å². The highest BCUT2D eigenvalue weighted by atomic mass is 16.3. The minimum Gasteiger partial charge on any atom is -0.393 e. The van der Waals surface area contributed by atoms with Gasteiger partial charge in [-0.1, -0.05) is 31.9 Å². The van der Waals surface area contributed by atoms with Crippen molar-refractivity contribution in [3.05, 3.63) is 11.9 Å². The van der Waals surface area contributed by atoms with Gasteiger partial charge in [-0.15, -0.1) is 5.10 Å². The zero-order valence-corrected chi connectivity index (χ0v) is 17.6. The van der Waals surface area contributed by atoms with Gasteiger partial charge in [0.25, 0.3) is 0 Å². The molecule has 3 heterocycles. The average molecular weight is 378 g/mol. The van der Waals surface area contributed by atoms with Gasteiger partial charge in [-0.25, -0.2) is 4.68 Å². The molecule has 1 aromatic heterocycles. The molecule has 6 nitrogen and oxygen atoms in total. The lowest BCUT2D eigenvalue weighted by Crippen LogP contribution is -2.45. The first-order valence-corrected chi connectivity index (χ1v) is 10.9. The van der Waals surface area contributed by atoms with E-state index in [1.807, 2.05) is 10.9 Å². The quantitative estimate of drug-likeness (QED) is 0.792. The monoisotopic (exact) mass is 377 g/mol. The standard InChI is InChI=1S/C21H39N5O/c1-18(27)14-19-15-26(23-22-19)20-8-12-25(13-9-20)17-21(2,3)16-24-10-6-4-5-7-11-24/h15,18,20,27H,4-14,16-17H2,1-3H3/t18-/m0/s1. The summed E-state index contributed by atoms with van der Waals surface area (Å²) in [6, 6.07) is 0.449. The van der Waals surface area contributed by atoms with Gasteiger partial charge in [-0.05, 0) is 51.1 Å². The highest BCUT2D eigenvalue weighted by Gasteiger charge is 2.28. The first kappa shape index (κ1) is 20.7. The molecule has 0 radical (unpaired) electrons. The predicted molar refractivity (Wildman–Crippen MR) is 109 cm³/mol. The number of nitrogens with zero attached hydrogens (tertiary/aromatic N) is 5. The van der Waals surface area contributed by atoms with Crippen molar-refractivity contribution in [2.24, 2.45) is 5.41 Å². The summed E-state index contributed by atoms with van der Waals surface area (Å²) in [7, 11) is 0. The molecule has 27 heavy (non-hydrogen) atoms.